The monoisotopic (exact) mass is 450 g/mol. The molecule has 2 aliphatic rings. The van der Waals surface area contributed by atoms with Gasteiger partial charge in [-0.05, 0) is 36.4 Å². The molecule has 2 saturated heterocycles. The number of hydrogen-bond acceptors (Lipinski definition) is 6. The van der Waals surface area contributed by atoms with Crippen molar-refractivity contribution >= 4 is 52.3 Å². The number of halogens is 1. The smallest absolute Gasteiger partial charge is 0.414 e. The molecule has 2 aromatic rings. The number of benzene rings is 1. The van der Waals surface area contributed by atoms with Crippen LogP contribution in [0.5, 0.6) is 0 Å². The van der Waals surface area contributed by atoms with Gasteiger partial charge in [0.25, 0.3) is 11.9 Å². The average molecular weight is 451 g/mol. The number of hydrogen-bond donors (Lipinski definition) is 2. The Hall–Kier alpha value is -2.78. The molecule has 30 heavy (non-hydrogen) atoms. The number of anilines is 2. The molecular formula is C20H23ClN4O4S. The first kappa shape index (κ1) is 21.9. The van der Waals surface area contributed by atoms with Gasteiger partial charge in [0, 0.05) is 11.4 Å². The summed E-state index contributed by atoms with van der Waals surface area (Å²) in [4.78, 5) is 28.1. The zero-order valence-electron chi connectivity index (χ0n) is 16.7. The summed E-state index contributed by atoms with van der Waals surface area (Å²) < 4.78 is 11.0. The first-order chi connectivity index (χ1) is 14.5. The quantitative estimate of drug-likeness (QED) is 0.719. The third-order valence-corrected chi connectivity index (χ3v) is 5.66. The fraction of sp³-hybridized carbons (Fsp3) is 0.350. The highest BCUT2D eigenvalue weighted by molar-refractivity contribution is 7.18. The van der Waals surface area contributed by atoms with E-state index in [-0.39, 0.29) is 18.5 Å². The lowest BCUT2D eigenvalue weighted by atomic mass is 10.2. The SMILES string of the molecule is CC.N=C1OCCN1c1ccc(N2CC(CNC(=O)c3ccc(Cl)s3)OC2=O)cc1. The summed E-state index contributed by atoms with van der Waals surface area (Å²) in [5, 5.41) is 10.5. The summed E-state index contributed by atoms with van der Waals surface area (Å²) in [6.07, 6.45) is -0.893. The highest BCUT2D eigenvalue weighted by atomic mass is 35.5. The van der Waals surface area contributed by atoms with Gasteiger partial charge in [-0.3, -0.25) is 20.0 Å². The van der Waals surface area contributed by atoms with Crippen molar-refractivity contribution in [1.82, 2.24) is 5.32 Å². The number of ether oxygens (including phenoxy) is 2. The van der Waals surface area contributed by atoms with Crippen LogP contribution in [0.25, 0.3) is 0 Å². The van der Waals surface area contributed by atoms with E-state index < -0.39 is 12.2 Å². The van der Waals surface area contributed by atoms with Crippen molar-refractivity contribution in [2.24, 2.45) is 0 Å². The molecule has 2 N–H and O–H groups in total. The summed E-state index contributed by atoms with van der Waals surface area (Å²) in [5.41, 5.74) is 1.52. The normalized spacial score (nSPS) is 17.9. The Labute approximate surface area is 183 Å². The lowest BCUT2D eigenvalue weighted by Gasteiger charge is -2.17. The maximum Gasteiger partial charge on any atom is 0.414 e. The van der Waals surface area contributed by atoms with Crippen LogP contribution < -0.4 is 15.1 Å². The van der Waals surface area contributed by atoms with Gasteiger partial charge in [-0.1, -0.05) is 25.4 Å². The number of nitrogens with zero attached hydrogens (tertiary/aromatic N) is 2. The van der Waals surface area contributed by atoms with Crippen molar-refractivity contribution < 1.29 is 19.1 Å². The second-order valence-corrected chi connectivity index (χ2v) is 7.97. The third-order valence-electron chi connectivity index (χ3n) is 4.43. The van der Waals surface area contributed by atoms with Gasteiger partial charge in [0.1, 0.15) is 12.7 Å². The summed E-state index contributed by atoms with van der Waals surface area (Å²) in [5.74, 6) is -0.244. The summed E-state index contributed by atoms with van der Waals surface area (Å²) >= 11 is 7.03. The standard InChI is InChI=1S/C18H17ClN4O4S.C2H6/c19-15-6-5-14(28-15)16(24)21-9-13-10-23(18(25)27-13)12-3-1-11(2-4-12)22-7-8-26-17(22)20;1-2/h1-6,13,20H,7-10H2,(H,21,24);1-2H3. The van der Waals surface area contributed by atoms with Crippen LogP contribution in [0.2, 0.25) is 4.34 Å². The van der Waals surface area contributed by atoms with Gasteiger partial charge in [0.2, 0.25) is 0 Å². The van der Waals surface area contributed by atoms with Crippen molar-refractivity contribution in [3.05, 3.63) is 45.6 Å². The lowest BCUT2D eigenvalue weighted by molar-refractivity contribution is 0.0920. The van der Waals surface area contributed by atoms with Gasteiger partial charge in [-0.2, -0.15) is 0 Å². The Balaban J connectivity index is 0.00000124. The molecule has 3 heterocycles. The molecule has 0 bridgehead atoms. The molecule has 1 aromatic heterocycles. The molecule has 10 heteroatoms. The van der Waals surface area contributed by atoms with Crippen molar-refractivity contribution in [2.75, 3.05) is 36.0 Å². The zero-order chi connectivity index (χ0) is 21.7. The number of amides is 2. The summed E-state index contributed by atoms with van der Waals surface area (Å²) in [6.45, 7) is 5.68. The van der Waals surface area contributed by atoms with Gasteiger partial charge in [-0.15, -0.1) is 11.3 Å². The Morgan fingerprint density at radius 1 is 1.20 bits per heavy atom. The molecule has 2 amide bonds. The second-order valence-electron chi connectivity index (χ2n) is 6.25. The minimum Gasteiger partial charge on any atom is -0.463 e. The minimum atomic E-state index is -0.455. The number of nitrogens with one attached hydrogen (secondary N) is 2. The number of cyclic esters (lactones) is 1. The number of rotatable bonds is 5. The second kappa shape index (κ2) is 9.82. The number of carbonyl (C=O) groups excluding carboxylic acids is 2. The fourth-order valence-corrected chi connectivity index (χ4v) is 4.00. The van der Waals surface area contributed by atoms with Crippen LogP contribution in [-0.2, 0) is 9.47 Å². The molecule has 8 nitrogen and oxygen atoms in total. The first-order valence-corrected chi connectivity index (χ1v) is 10.8. The molecule has 2 aliphatic heterocycles. The maximum absolute atomic E-state index is 12.2. The predicted molar refractivity (Wildman–Crippen MR) is 118 cm³/mol. The molecule has 1 atom stereocenters. The molecule has 0 aliphatic carbocycles. The van der Waals surface area contributed by atoms with E-state index in [9.17, 15) is 9.59 Å². The van der Waals surface area contributed by atoms with Gasteiger partial charge >= 0.3 is 6.09 Å². The maximum atomic E-state index is 12.2. The molecule has 1 unspecified atom stereocenters. The number of amidine groups is 1. The Bertz CT molecular complexity index is 918. The molecule has 0 spiro atoms. The van der Waals surface area contributed by atoms with Crippen molar-refractivity contribution in [2.45, 2.75) is 20.0 Å². The predicted octanol–water partition coefficient (Wildman–Crippen LogP) is 3.95. The van der Waals surface area contributed by atoms with Gasteiger partial charge in [0.15, 0.2) is 0 Å². The highest BCUT2D eigenvalue weighted by Crippen LogP contribution is 2.26. The van der Waals surface area contributed by atoms with Crippen molar-refractivity contribution in [3.8, 4) is 0 Å². The van der Waals surface area contributed by atoms with E-state index >= 15 is 0 Å². The molecule has 1 aromatic carbocycles. The minimum absolute atomic E-state index is 0.121. The Kier molecular flexibility index (Phi) is 7.17. The molecular weight excluding hydrogens is 428 g/mol. The largest absolute Gasteiger partial charge is 0.463 e. The van der Waals surface area contributed by atoms with Crippen LogP contribution in [0.3, 0.4) is 0 Å². The van der Waals surface area contributed by atoms with Gasteiger partial charge < -0.3 is 14.8 Å². The topological polar surface area (TPSA) is 95.0 Å². The van der Waals surface area contributed by atoms with Crippen molar-refractivity contribution in [3.63, 3.8) is 0 Å². The van der Waals surface area contributed by atoms with E-state index in [0.717, 1.165) is 5.69 Å². The molecule has 4 rings (SSSR count). The van der Waals surface area contributed by atoms with Gasteiger partial charge in [-0.25, -0.2) is 4.79 Å². The van der Waals surface area contributed by atoms with E-state index in [1.54, 1.807) is 29.2 Å². The zero-order valence-corrected chi connectivity index (χ0v) is 18.3. The van der Waals surface area contributed by atoms with Crippen LogP contribution in [0.15, 0.2) is 36.4 Å². The van der Waals surface area contributed by atoms with Crippen LogP contribution in [0.1, 0.15) is 23.5 Å². The van der Waals surface area contributed by atoms with E-state index in [0.29, 0.717) is 34.6 Å². The van der Waals surface area contributed by atoms with E-state index in [1.165, 1.54) is 16.2 Å². The third kappa shape index (κ3) is 4.85. The highest BCUT2D eigenvalue weighted by Gasteiger charge is 2.33. The van der Waals surface area contributed by atoms with Crippen LogP contribution in [0.4, 0.5) is 16.2 Å². The molecule has 160 valence electrons. The van der Waals surface area contributed by atoms with Gasteiger partial charge in [0.05, 0.1) is 28.8 Å². The molecule has 2 fully saturated rings. The van der Waals surface area contributed by atoms with E-state index in [1.807, 2.05) is 26.0 Å². The average Bonchev–Trinajstić information content (AvgIpc) is 3.48. The number of carbonyl (C=O) groups is 2. The molecule has 0 radical (unpaired) electrons. The summed E-state index contributed by atoms with van der Waals surface area (Å²) in [7, 11) is 0. The van der Waals surface area contributed by atoms with Crippen LogP contribution in [-0.4, -0.2) is 50.4 Å². The number of thiophene rings is 1. The van der Waals surface area contributed by atoms with E-state index in [2.05, 4.69) is 5.32 Å². The summed E-state index contributed by atoms with van der Waals surface area (Å²) in [6, 6.07) is 10.7. The van der Waals surface area contributed by atoms with Crippen LogP contribution >= 0.6 is 22.9 Å². The van der Waals surface area contributed by atoms with Crippen LogP contribution in [0, 0.1) is 5.41 Å². The first-order valence-electron chi connectivity index (χ1n) is 9.62. The molecule has 0 saturated carbocycles. The van der Waals surface area contributed by atoms with E-state index in [4.69, 9.17) is 26.5 Å². The Morgan fingerprint density at radius 3 is 2.43 bits per heavy atom. The van der Waals surface area contributed by atoms with Crippen molar-refractivity contribution in [1.29, 1.82) is 5.41 Å². The lowest BCUT2D eigenvalue weighted by Crippen LogP contribution is -2.34. The Morgan fingerprint density at radius 2 is 1.87 bits per heavy atom. The fourth-order valence-electron chi connectivity index (χ4n) is 3.04.